The topological polar surface area (TPSA) is 97.6 Å². The summed E-state index contributed by atoms with van der Waals surface area (Å²) in [5, 5.41) is 5.41. The van der Waals surface area contributed by atoms with Crippen molar-refractivity contribution in [3.8, 4) is 5.75 Å². The van der Waals surface area contributed by atoms with Crippen LogP contribution in [0.5, 0.6) is 5.75 Å². The molecular weight excluding hydrogens is 392 g/mol. The molecule has 2 amide bonds. The minimum Gasteiger partial charge on any atom is -0.482 e. The fourth-order valence-corrected chi connectivity index (χ4v) is 3.50. The lowest BCUT2D eigenvalue weighted by atomic mass is 10.2. The van der Waals surface area contributed by atoms with E-state index in [2.05, 4.69) is 10.6 Å². The molecule has 0 saturated heterocycles. The van der Waals surface area contributed by atoms with Crippen molar-refractivity contribution in [2.45, 2.75) is 11.5 Å². The number of thioether (sulfide) groups is 1. The lowest BCUT2D eigenvalue weighted by molar-refractivity contribution is -0.113. The Balaban J connectivity index is 1.44. The highest BCUT2D eigenvalue weighted by molar-refractivity contribution is 8.00. The van der Waals surface area contributed by atoms with Gasteiger partial charge in [0, 0.05) is 16.6 Å². The number of nitrogens with one attached hydrogen (secondary N) is 2. The van der Waals surface area contributed by atoms with Crippen molar-refractivity contribution < 1.29 is 18.7 Å². The van der Waals surface area contributed by atoms with Crippen LogP contribution in [0.4, 0.5) is 11.4 Å². The molecule has 1 aliphatic rings. The Morgan fingerprint density at radius 2 is 1.97 bits per heavy atom. The zero-order valence-electron chi connectivity index (χ0n) is 15.1. The number of hydrogen-bond donors (Lipinski definition) is 2. The van der Waals surface area contributed by atoms with Gasteiger partial charge in [-0.2, -0.15) is 0 Å². The molecule has 0 spiro atoms. The van der Waals surface area contributed by atoms with E-state index < -0.39 is 11.3 Å². The average molecular weight is 408 g/mol. The van der Waals surface area contributed by atoms with Crippen LogP contribution in [0.2, 0.25) is 0 Å². The summed E-state index contributed by atoms with van der Waals surface area (Å²) >= 11 is 1.43. The standard InChI is InChI=1S/C21H16N2O5S/c24-16-9-17(28-11-18(16)27-10-13-4-2-1-3-5-13)21(26)22-14-6-7-19-15(8-14)23-20(25)12-29-19/h1-9,11H,10,12H2,(H,22,26)(H,23,25). The molecule has 7 nitrogen and oxygen atoms in total. The third-order valence-electron chi connectivity index (χ3n) is 4.13. The molecule has 2 N–H and O–H groups in total. The Morgan fingerprint density at radius 1 is 1.14 bits per heavy atom. The van der Waals surface area contributed by atoms with Crippen LogP contribution in [0.15, 0.2) is 75.0 Å². The van der Waals surface area contributed by atoms with Crippen molar-refractivity contribution in [3.63, 3.8) is 0 Å². The highest BCUT2D eigenvalue weighted by Crippen LogP contribution is 2.33. The van der Waals surface area contributed by atoms with Gasteiger partial charge in [0.2, 0.25) is 17.1 Å². The van der Waals surface area contributed by atoms with E-state index in [9.17, 15) is 14.4 Å². The Hall–Kier alpha value is -3.52. The minimum absolute atomic E-state index is 0.0268. The van der Waals surface area contributed by atoms with Gasteiger partial charge < -0.3 is 19.8 Å². The summed E-state index contributed by atoms with van der Waals surface area (Å²) in [6, 6.07) is 15.7. The molecule has 2 heterocycles. The van der Waals surface area contributed by atoms with Crippen molar-refractivity contribution in [1.82, 2.24) is 0 Å². The van der Waals surface area contributed by atoms with Crippen molar-refractivity contribution in [2.24, 2.45) is 0 Å². The summed E-state index contributed by atoms with van der Waals surface area (Å²) in [5.41, 5.74) is 1.57. The summed E-state index contributed by atoms with van der Waals surface area (Å²) in [6.07, 6.45) is 1.13. The summed E-state index contributed by atoms with van der Waals surface area (Å²) in [7, 11) is 0. The van der Waals surface area contributed by atoms with E-state index >= 15 is 0 Å². The van der Waals surface area contributed by atoms with Gasteiger partial charge in [-0.1, -0.05) is 30.3 Å². The monoisotopic (exact) mass is 408 g/mol. The van der Waals surface area contributed by atoms with Crippen molar-refractivity contribution in [2.75, 3.05) is 16.4 Å². The van der Waals surface area contributed by atoms with Crippen molar-refractivity contribution in [1.29, 1.82) is 0 Å². The lowest BCUT2D eigenvalue weighted by Crippen LogP contribution is -2.19. The number of hydrogen-bond acceptors (Lipinski definition) is 6. The van der Waals surface area contributed by atoms with Crippen LogP contribution in [0.25, 0.3) is 0 Å². The Kier molecular flexibility index (Phi) is 5.35. The first-order valence-electron chi connectivity index (χ1n) is 8.76. The Bertz CT molecular complexity index is 1130. The van der Waals surface area contributed by atoms with E-state index in [1.807, 2.05) is 36.4 Å². The molecule has 29 heavy (non-hydrogen) atoms. The first-order chi connectivity index (χ1) is 14.1. The number of fused-ring (bicyclic) bond motifs is 1. The molecule has 0 aliphatic carbocycles. The van der Waals surface area contributed by atoms with Gasteiger partial charge in [-0.05, 0) is 23.8 Å². The van der Waals surface area contributed by atoms with Gasteiger partial charge in [0.25, 0.3) is 5.91 Å². The van der Waals surface area contributed by atoms with Crippen molar-refractivity contribution >= 4 is 35.0 Å². The maximum Gasteiger partial charge on any atom is 0.291 e. The van der Waals surface area contributed by atoms with E-state index in [0.717, 1.165) is 22.8 Å². The molecule has 0 radical (unpaired) electrons. The lowest BCUT2D eigenvalue weighted by Gasteiger charge is -2.17. The molecule has 0 atom stereocenters. The number of benzene rings is 2. The molecule has 2 aromatic carbocycles. The predicted molar refractivity (Wildman–Crippen MR) is 110 cm³/mol. The normalized spacial score (nSPS) is 12.6. The van der Waals surface area contributed by atoms with Gasteiger partial charge in [-0.25, -0.2) is 0 Å². The van der Waals surface area contributed by atoms with Crippen LogP contribution in [-0.2, 0) is 11.4 Å². The first-order valence-corrected chi connectivity index (χ1v) is 9.75. The molecule has 146 valence electrons. The first kappa shape index (κ1) is 18.8. The van der Waals surface area contributed by atoms with E-state index in [1.165, 1.54) is 11.8 Å². The Labute approximate surface area is 170 Å². The van der Waals surface area contributed by atoms with Crippen LogP contribution < -0.4 is 20.8 Å². The van der Waals surface area contributed by atoms with Crippen LogP contribution in [0.3, 0.4) is 0 Å². The third-order valence-corrected chi connectivity index (χ3v) is 5.20. The number of amides is 2. The van der Waals surface area contributed by atoms with E-state index in [1.54, 1.807) is 12.1 Å². The maximum atomic E-state index is 12.4. The summed E-state index contributed by atoms with van der Waals surface area (Å²) in [6.45, 7) is 0.218. The molecule has 0 fully saturated rings. The fourth-order valence-electron chi connectivity index (χ4n) is 2.71. The molecule has 4 rings (SSSR count). The third kappa shape index (κ3) is 4.49. The zero-order valence-corrected chi connectivity index (χ0v) is 16.0. The SMILES string of the molecule is O=C1CSc2ccc(NC(=O)c3cc(=O)c(OCc4ccccc4)co3)cc2N1. The van der Waals surface area contributed by atoms with Gasteiger partial charge in [0.1, 0.15) is 12.9 Å². The second kappa shape index (κ2) is 8.24. The van der Waals surface area contributed by atoms with Gasteiger partial charge in [-0.3, -0.25) is 14.4 Å². The number of carbonyl (C=O) groups is 2. The molecule has 0 saturated carbocycles. The smallest absolute Gasteiger partial charge is 0.291 e. The summed E-state index contributed by atoms with van der Waals surface area (Å²) in [4.78, 5) is 37.1. The fraction of sp³-hybridized carbons (Fsp3) is 0.0952. The Morgan fingerprint density at radius 3 is 2.76 bits per heavy atom. The quantitative estimate of drug-likeness (QED) is 0.670. The second-order valence-corrected chi connectivity index (χ2v) is 7.27. The summed E-state index contributed by atoms with van der Waals surface area (Å²) in [5.74, 6) is -0.422. The van der Waals surface area contributed by atoms with E-state index in [4.69, 9.17) is 9.15 Å². The summed E-state index contributed by atoms with van der Waals surface area (Å²) < 4.78 is 10.7. The molecule has 3 aromatic rings. The molecule has 1 aliphatic heterocycles. The minimum atomic E-state index is -0.577. The largest absolute Gasteiger partial charge is 0.482 e. The molecule has 1 aromatic heterocycles. The van der Waals surface area contributed by atoms with Crippen LogP contribution in [-0.4, -0.2) is 17.6 Å². The number of ether oxygens (including phenoxy) is 1. The van der Waals surface area contributed by atoms with Gasteiger partial charge in [0.05, 0.1) is 11.4 Å². The molecule has 8 heteroatoms. The zero-order chi connectivity index (χ0) is 20.2. The van der Waals surface area contributed by atoms with Crippen LogP contribution in [0.1, 0.15) is 16.1 Å². The van der Waals surface area contributed by atoms with Gasteiger partial charge >= 0.3 is 0 Å². The number of anilines is 2. The van der Waals surface area contributed by atoms with Crippen LogP contribution >= 0.6 is 11.8 Å². The van der Waals surface area contributed by atoms with Gasteiger partial charge in [0.15, 0.2) is 5.76 Å². The highest BCUT2D eigenvalue weighted by atomic mass is 32.2. The highest BCUT2D eigenvalue weighted by Gasteiger charge is 2.17. The predicted octanol–water partition coefficient (Wildman–Crippen LogP) is 3.52. The number of rotatable bonds is 5. The average Bonchev–Trinajstić information content (AvgIpc) is 2.73. The maximum absolute atomic E-state index is 12.4. The molecular formula is C21H16N2O5S. The van der Waals surface area contributed by atoms with Gasteiger partial charge in [-0.15, -0.1) is 11.8 Å². The van der Waals surface area contributed by atoms with E-state index in [-0.39, 0.29) is 24.0 Å². The van der Waals surface area contributed by atoms with E-state index in [0.29, 0.717) is 17.1 Å². The molecule has 0 bridgehead atoms. The number of carbonyl (C=O) groups excluding carboxylic acids is 2. The van der Waals surface area contributed by atoms with Crippen molar-refractivity contribution in [3.05, 3.63) is 82.4 Å². The second-order valence-electron chi connectivity index (χ2n) is 6.25. The molecule has 0 unspecified atom stereocenters. The van der Waals surface area contributed by atoms with Crippen LogP contribution in [0, 0.1) is 0 Å².